The van der Waals surface area contributed by atoms with Crippen molar-refractivity contribution < 1.29 is 28.2 Å². The minimum atomic E-state index is -0.802. The monoisotopic (exact) mass is 479 g/mol. The van der Waals surface area contributed by atoms with E-state index in [0.717, 1.165) is 36.6 Å². The van der Waals surface area contributed by atoms with Crippen LogP contribution in [0, 0.1) is 23.5 Å². The van der Waals surface area contributed by atoms with Gasteiger partial charge in [0.05, 0.1) is 19.2 Å². The molecular formula is C28H27F2NO4. The highest BCUT2D eigenvalue weighted by atomic mass is 19.1. The third-order valence-corrected chi connectivity index (χ3v) is 7.18. The van der Waals surface area contributed by atoms with Crippen molar-refractivity contribution in [3.8, 4) is 22.8 Å². The number of carbonyl (C=O) groups is 1. The van der Waals surface area contributed by atoms with Crippen molar-refractivity contribution in [3.05, 3.63) is 77.0 Å². The average Bonchev–Trinajstić information content (AvgIpc) is 3.69. The fourth-order valence-electron chi connectivity index (χ4n) is 5.10. The maximum atomic E-state index is 15.2. The Hall–Kier alpha value is -3.48. The molecule has 5 rings (SSSR count). The Morgan fingerprint density at radius 1 is 1.11 bits per heavy atom. The number of rotatable bonds is 7. The van der Waals surface area contributed by atoms with Gasteiger partial charge in [0.15, 0.2) is 0 Å². The van der Waals surface area contributed by atoms with Crippen LogP contribution in [0.25, 0.3) is 11.1 Å². The molecule has 182 valence electrons. The zero-order valence-corrected chi connectivity index (χ0v) is 19.6. The summed E-state index contributed by atoms with van der Waals surface area (Å²) in [5, 5.41) is 9.59. The molecule has 1 unspecified atom stereocenters. The van der Waals surface area contributed by atoms with E-state index in [-0.39, 0.29) is 17.4 Å². The average molecular weight is 480 g/mol. The number of carboxylic acids is 1. The van der Waals surface area contributed by atoms with Crippen LogP contribution in [0.1, 0.15) is 54.9 Å². The van der Waals surface area contributed by atoms with E-state index in [9.17, 15) is 14.3 Å². The molecule has 2 aliphatic rings. The van der Waals surface area contributed by atoms with Crippen LogP contribution in [0.3, 0.4) is 0 Å². The van der Waals surface area contributed by atoms with Crippen LogP contribution in [-0.4, -0.2) is 23.2 Å². The van der Waals surface area contributed by atoms with Crippen molar-refractivity contribution in [2.24, 2.45) is 11.8 Å². The molecule has 3 atom stereocenters. The Balaban J connectivity index is 1.41. The van der Waals surface area contributed by atoms with Gasteiger partial charge in [-0.15, -0.1) is 0 Å². The Labute approximate surface area is 202 Å². The maximum absolute atomic E-state index is 15.2. The first kappa shape index (κ1) is 23.3. The molecule has 1 aliphatic heterocycles. The number of carboxylic acid groups (broad SMARTS) is 1. The van der Waals surface area contributed by atoms with Crippen LogP contribution in [-0.2, 0) is 11.2 Å². The lowest BCUT2D eigenvalue weighted by Crippen LogP contribution is -2.21. The van der Waals surface area contributed by atoms with Crippen molar-refractivity contribution in [2.75, 3.05) is 7.11 Å². The number of methoxy groups -OCH3 is 1. The number of nitrogens with zero attached hydrogens (tertiary/aromatic N) is 1. The van der Waals surface area contributed by atoms with Gasteiger partial charge in [0, 0.05) is 17.2 Å². The number of aromatic nitrogens is 1. The number of benzene rings is 2. The topological polar surface area (TPSA) is 68.7 Å². The first-order chi connectivity index (χ1) is 16.9. The maximum Gasteiger partial charge on any atom is 0.306 e. The predicted octanol–water partition coefficient (Wildman–Crippen LogP) is 6.32. The van der Waals surface area contributed by atoms with Crippen LogP contribution in [0.4, 0.5) is 8.78 Å². The molecule has 5 nitrogen and oxygen atoms in total. The number of fused-ring (bicyclic) bond motifs is 1. The molecule has 3 aromatic rings. The second-order valence-electron chi connectivity index (χ2n) is 9.45. The third-order valence-electron chi connectivity index (χ3n) is 7.18. The van der Waals surface area contributed by atoms with Gasteiger partial charge in [-0.3, -0.25) is 4.79 Å². The van der Waals surface area contributed by atoms with Crippen LogP contribution in [0.2, 0.25) is 0 Å². The van der Waals surface area contributed by atoms with E-state index >= 15 is 4.39 Å². The van der Waals surface area contributed by atoms with E-state index in [1.807, 2.05) is 18.2 Å². The molecule has 0 amide bonds. The third kappa shape index (κ3) is 4.59. The number of hydrogen-bond acceptors (Lipinski definition) is 4. The van der Waals surface area contributed by atoms with E-state index in [1.54, 1.807) is 19.1 Å². The lowest BCUT2D eigenvalue weighted by atomic mass is 9.82. The van der Waals surface area contributed by atoms with Gasteiger partial charge in [0.1, 0.15) is 23.5 Å². The number of halogens is 2. The molecule has 1 fully saturated rings. The molecule has 0 spiro atoms. The first-order valence-corrected chi connectivity index (χ1v) is 11.9. The summed E-state index contributed by atoms with van der Waals surface area (Å²) in [6.45, 7) is 1.76. The summed E-state index contributed by atoms with van der Waals surface area (Å²) < 4.78 is 40.8. The largest absolute Gasteiger partial charge is 0.485 e. The molecule has 35 heavy (non-hydrogen) atoms. The van der Waals surface area contributed by atoms with Crippen LogP contribution in [0.15, 0.2) is 48.7 Å². The van der Waals surface area contributed by atoms with Gasteiger partial charge >= 0.3 is 5.97 Å². The molecule has 0 bridgehead atoms. The molecule has 0 radical (unpaired) electrons. The quantitative estimate of drug-likeness (QED) is 0.430. The van der Waals surface area contributed by atoms with Crippen molar-refractivity contribution in [1.82, 2.24) is 4.98 Å². The Kier molecular flexibility index (Phi) is 6.17. The van der Waals surface area contributed by atoms with Gasteiger partial charge in [0.25, 0.3) is 0 Å². The molecule has 2 aromatic carbocycles. The number of ether oxygens (including phenoxy) is 2. The lowest BCUT2D eigenvalue weighted by molar-refractivity contribution is -0.142. The summed E-state index contributed by atoms with van der Waals surface area (Å²) in [7, 11) is 1.44. The zero-order valence-electron chi connectivity index (χ0n) is 19.6. The minimum absolute atomic E-state index is 0.0648. The fraction of sp³-hybridized carbons (Fsp3) is 0.357. The Morgan fingerprint density at radius 2 is 1.91 bits per heavy atom. The lowest BCUT2D eigenvalue weighted by Gasteiger charge is -2.29. The first-order valence-electron chi connectivity index (χ1n) is 11.9. The van der Waals surface area contributed by atoms with Gasteiger partial charge in [-0.1, -0.05) is 31.2 Å². The SMILES string of the molecule is COc1cc(-c2ccc(C3CCc4ccc([C@H](C5CC5)[C@H](C)C(=O)O)cc4O3)c(F)c2)c(F)cn1. The van der Waals surface area contributed by atoms with E-state index in [0.29, 0.717) is 29.2 Å². The second kappa shape index (κ2) is 9.29. The molecular weight excluding hydrogens is 452 g/mol. The number of aryl methyl sites for hydroxylation is 1. The molecule has 1 aliphatic carbocycles. The van der Waals surface area contributed by atoms with Gasteiger partial charge < -0.3 is 14.6 Å². The van der Waals surface area contributed by atoms with E-state index in [2.05, 4.69) is 4.98 Å². The van der Waals surface area contributed by atoms with E-state index in [4.69, 9.17) is 9.47 Å². The molecule has 7 heteroatoms. The van der Waals surface area contributed by atoms with Gasteiger partial charge in [-0.05, 0) is 66.3 Å². The van der Waals surface area contributed by atoms with E-state index < -0.39 is 29.6 Å². The zero-order chi connectivity index (χ0) is 24.7. The molecule has 1 saturated carbocycles. The summed E-state index contributed by atoms with van der Waals surface area (Å²) in [6.07, 6.45) is 3.96. The predicted molar refractivity (Wildman–Crippen MR) is 127 cm³/mol. The molecule has 0 saturated heterocycles. The van der Waals surface area contributed by atoms with Gasteiger partial charge in [-0.2, -0.15) is 0 Å². The van der Waals surface area contributed by atoms with Crippen molar-refractivity contribution in [2.45, 2.75) is 44.6 Å². The summed E-state index contributed by atoms with van der Waals surface area (Å²) >= 11 is 0. The van der Waals surface area contributed by atoms with Crippen LogP contribution < -0.4 is 9.47 Å². The van der Waals surface area contributed by atoms with Crippen LogP contribution in [0.5, 0.6) is 11.6 Å². The number of hydrogen-bond donors (Lipinski definition) is 1. The Bertz CT molecular complexity index is 1270. The van der Waals surface area contributed by atoms with Crippen LogP contribution >= 0.6 is 0 Å². The fourth-order valence-corrected chi connectivity index (χ4v) is 5.10. The highest BCUT2D eigenvalue weighted by molar-refractivity contribution is 5.71. The normalized spacial score (nSPS) is 18.8. The molecule has 2 heterocycles. The van der Waals surface area contributed by atoms with Crippen molar-refractivity contribution in [3.63, 3.8) is 0 Å². The molecule has 1 N–H and O–H groups in total. The summed E-state index contributed by atoms with van der Waals surface area (Å²) in [5.41, 5.74) is 2.99. The minimum Gasteiger partial charge on any atom is -0.485 e. The van der Waals surface area contributed by atoms with Crippen molar-refractivity contribution >= 4 is 5.97 Å². The summed E-state index contributed by atoms with van der Waals surface area (Å²) in [6, 6.07) is 12.0. The summed E-state index contributed by atoms with van der Waals surface area (Å²) in [5.74, 6) is -1.10. The van der Waals surface area contributed by atoms with Gasteiger partial charge in [0.2, 0.25) is 5.88 Å². The highest BCUT2D eigenvalue weighted by Gasteiger charge is 2.39. The Morgan fingerprint density at radius 3 is 2.60 bits per heavy atom. The number of pyridine rings is 1. The standard InChI is InChI=1S/C28H27F2NO4/c1-15(28(32)33)27(17-4-5-17)19-6-3-16-8-10-24(35-25(16)12-19)20-9-7-18(11-22(20)29)21-13-26(34-2)31-14-23(21)30/h3,6-7,9,11-15,17,24,27H,4-5,8,10H2,1-2H3,(H,32,33)/t15-,24?,27-/m0/s1. The second-order valence-corrected chi connectivity index (χ2v) is 9.45. The smallest absolute Gasteiger partial charge is 0.306 e. The summed E-state index contributed by atoms with van der Waals surface area (Å²) in [4.78, 5) is 15.5. The molecule has 1 aromatic heterocycles. The highest BCUT2D eigenvalue weighted by Crippen LogP contribution is 2.48. The number of aliphatic carboxylic acids is 1. The van der Waals surface area contributed by atoms with Crippen molar-refractivity contribution in [1.29, 1.82) is 0 Å². The van der Waals surface area contributed by atoms with Gasteiger partial charge in [-0.25, -0.2) is 13.8 Å². The van der Waals surface area contributed by atoms with E-state index in [1.165, 1.54) is 19.2 Å².